The van der Waals surface area contributed by atoms with Crippen molar-refractivity contribution >= 4 is 11.9 Å². The van der Waals surface area contributed by atoms with Gasteiger partial charge in [-0.25, -0.2) is 0 Å². The molecule has 1 heteroatoms. The number of allylic oxidation sites excluding steroid dienone is 8. The average molecular weight is 276 g/mol. The van der Waals surface area contributed by atoms with Gasteiger partial charge in [0, 0.05) is 5.56 Å². The first kappa shape index (κ1) is 13.8. The molecule has 0 spiro atoms. The van der Waals surface area contributed by atoms with Crippen LogP contribution < -0.4 is 0 Å². The fraction of sp³-hybridized carbons (Fsp3) is 0.250. The van der Waals surface area contributed by atoms with Gasteiger partial charge in [-0.1, -0.05) is 61.6 Å². The molecule has 2 aliphatic carbocycles. The molecule has 3 rings (SSSR count). The lowest BCUT2D eigenvalue weighted by Crippen LogP contribution is -2.06. The van der Waals surface area contributed by atoms with Crippen LogP contribution in [0.1, 0.15) is 42.1 Å². The Bertz CT molecular complexity index is 654. The number of carbonyl (C=O) groups is 1. The van der Waals surface area contributed by atoms with Crippen molar-refractivity contribution in [1.29, 1.82) is 0 Å². The van der Waals surface area contributed by atoms with Crippen LogP contribution in [0, 0.1) is 5.92 Å². The fourth-order valence-corrected chi connectivity index (χ4v) is 3.06. The van der Waals surface area contributed by atoms with Gasteiger partial charge in [0.15, 0.2) is 0 Å². The first-order valence-electron chi connectivity index (χ1n) is 7.60. The predicted molar refractivity (Wildman–Crippen MR) is 88.1 cm³/mol. The number of benzene rings is 1. The molecule has 0 fully saturated rings. The Labute approximate surface area is 126 Å². The highest BCUT2D eigenvalue weighted by Crippen LogP contribution is 2.34. The molecule has 0 amide bonds. The number of rotatable bonds is 3. The summed E-state index contributed by atoms with van der Waals surface area (Å²) in [6.07, 6.45) is 15.4. The summed E-state index contributed by atoms with van der Waals surface area (Å²) in [6.45, 7) is 2.30. The number of hydrogen-bond acceptors (Lipinski definition) is 1. The van der Waals surface area contributed by atoms with Crippen molar-refractivity contribution in [1.82, 2.24) is 0 Å². The van der Waals surface area contributed by atoms with Crippen LogP contribution in [0.5, 0.6) is 0 Å². The Morgan fingerprint density at radius 3 is 2.33 bits per heavy atom. The summed E-state index contributed by atoms with van der Waals surface area (Å²) < 4.78 is 0. The average Bonchev–Trinajstić information content (AvgIpc) is 2.56. The van der Waals surface area contributed by atoms with E-state index in [0.29, 0.717) is 5.92 Å². The van der Waals surface area contributed by atoms with Crippen molar-refractivity contribution in [2.24, 2.45) is 5.92 Å². The second-order valence-corrected chi connectivity index (χ2v) is 5.81. The highest BCUT2D eigenvalue weighted by Gasteiger charge is 2.16. The van der Waals surface area contributed by atoms with Crippen molar-refractivity contribution in [3.8, 4) is 0 Å². The summed E-state index contributed by atoms with van der Waals surface area (Å²) in [5, 5.41) is 0. The lowest BCUT2D eigenvalue weighted by molar-refractivity contribution is 0.112. The minimum Gasteiger partial charge on any atom is -0.298 e. The van der Waals surface area contributed by atoms with E-state index in [1.165, 1.54) is 22.3 Å². The highest BCUT2D eigenvalue weighted by atomic mass is 16.1. The second-order valence-electron chi connectivity index (χ2n) is 5.81. The topological polar surface area (TPSA) is 17.1 Å². The van der Waals surface area contributed by atoms with E-state index in [9.17, 15) is 4.79 Å². The molecule has 0 aromatic heterocycles. The molecular weight excluding hydrogens is 256 g/mol. The van der Waals surface area contributed by atoms with Crippen molar-refractivity contribution < 1.29 is 4.79 Å². The molecule has 1 aromatic rings. The minimum absolute atomic E-state index is 0.628. The molecular formula is C20H20O. The molecule has 2 aliphatic rings. The predicted octanol–water partition coefficient (Wildman–Crippen LogP) is 5.13. The van der Waals surface area contributed by atoms with Crippen LogP contribution in [0.15, 0.2) is 65.8 Å². The maximum absolute atomic E-state index is 10.7. The summed E-state index contributed by atoms with van der Waals surface area (Å²) >= 11 is 0. The Hall–Kier alpha value is -2.15. The van der Waals surface area contributed by atoms with Gasteiger partial charge in [0.2, 0.25) is 0 Å². The number of hydrogen-bond donors (Lipinski definition) is 0. The van der Waals surface area contributed by atoms with Gasteiger partial charge in [0.25, 0.3) is 0 Å². The molecule has 106 valence electrons. The van der Waals surface area contributed by atoms with Crippen LogP contribution in [-0.4, -0.2) is 6.29 Å². The van der Waals surface area contributed by atoms with E-state index in [1.54, 1.807) is 0 Å². The number of carbonyl (C=O) groups excluding carboxylic acids is 1. The first-order chi connectivity index (χ1) is 10.3. The summed E-state index contributed by atoms with van der Waals surface area (Å²) in [4.78, 5) is 10.7. The monoisotopic (exact) mass is 276 g/mol. The standard InChI is InChI=1S/C20H20O/c1-15-4-2-3-5-20(15)19-12-10-18(11-13-19)17-8-6-16(14-21)7-9-17/h2-3,5-10,12,14-15H,4,11,13H2,1H3. The third-order valence-electron chi connectivity index (χ3n) is 4.37. The normalized spacial score (nSPS) is 21.4. The molecule has 21 heavy (non-hydrogen) atoms. The van der Waals surface area contributed by atoms with E-state index in [1.807, 2.05) is 24.3 Å². The zero-order valence-electron chi connectivity index (χ0n) is 12.4. The summed E-state index contributed by atoms with van der Waals surface area (Å²) in [7, 11) is 0. The van der Waals surface area contributed by atoms with Crippen molar-refractivity contribution in [3.05, 3.63) is 76.9 Å². The van der Waals surface area contributed by atoms with Crippen LogP contribution >= 0.6 is 0 Å². The third-order valence-corrected chi connectivity index (χ3v) is 4.37. The van der Waals surface area contributed by atoms with Gasteiger partial charge in [-0.05, 0) is 47.5 Å². The van der Waals surface area contributed by atoms with E-state index in [0.717, 1.165) is 31.1 Å². The van der Waals surface area contributed by atoms with E-state index in [2.05, 4.69) is 37.3 Å². The molecule has 0 radical (unpaired) electrons. The van der Waals surface area contributed by atoms with Crippen LogP contribution in [-0.2, 0) is 0 Å². The molecule has 1 nitrogen and oxygen atoms in total. The number of aldehydes is 1. The first-order valence-corrected chi connectivity index (χ1v) is 7.60. The molecule has 1 aromatic carbocycles. The molecule has 1 atom stereocenters. The maximum Gasteiger partial charge on any atom is 0.150 e. The Morgan fingerprint density at radius 2 is 1.71 bits per heavy atom. The maximum atomic E-state index is 10.7. The van der Waals surface area contributed by atoms with E-state index in [4.69, 9.17) is 0 Å². The summed E-state index contributed by atoms with van der Waals surface area (Å²) in [5.41, 5.74) is 6.28. The van der Waals surface area contributed by atoms with E-state index >= 15 is 0 Å². The molecule has 1 unspecified atom stereocenters. The van der Waals surface area contributed by atoms with Crippen LogP contribution in [0.2, 0.25) is 0 Å². The zero-order valence-corrected chi connectivity index (χ0v) is 12.4. The van der Waals surface area contributed by atoms with Crippen molar-refractivity contribution in [2.75, 3.05) is 0 Å². The lowest BCUT2D eigenvalue weighted by Gasteiger charge is -2.23. The summed E-state index contributed by atoms with van der Waals surface area (Å²) in [5.74, 6) is 0.628. The van der Waals surface area contributed by atoms with Crippen LogP contribution in [0.4, 0.5) is 0 Å². The van der Waals surface area contributed by atoms with Crippen LogP contribution in [0.25, 0.3) is 5.57 Å². The largest absolute Gasteiger partial charge is 0.298 e. The van der Waals surface area contributed by atoms with E-state index < -0.39 is 0 Å². The smallest absolute Gasteiger partial charge is 0.150 e. The van der Waals surface area contributed by atoms with Gasteiger partial charge in [0.1, 0.15) is 6.29 Å². The molecule has 0 saturated carbocycles. The minimum atomic E-state index is 0.628. The van der Waals surface area contributed by atoms with Crippen molar-refractivity contribution in [2.45, 2.75) is 26.2 Å². The lowest BCUT2D eigenvalue weighted by atomic mass is 9.82. The SMILES string of the molecule is CC1CC=CC=C1C1=CC=C(c2ccc(C=O)cc2)CC1. The molecule has 0 saturated heterocycles. The Kier molecular flexibility index (Phi) is 4.01. The molecule has 0 aliphatic heterocycles. The Balaban J connectivity index is 1.82. The van der Waals surface area contributed by atoms with Gasteiger partial charge >= 0.3 is 0 Å². The van der Waals surface area contributed by atoms with Crippen LogP contribution in [0.3, 0.4) is 0 Å². The van der Waals surface area contributed by atoms with Gasteiger partial charge < -0.3 is 0 Å². The summed E-state index contributed by atoms with van der Waals surface area (Å²) in [6, 6.07) is 7.86. The van der Waals surface area contributed by atoms with Gasteiger partial charge in [0.05, 0.1) is 0 Å². The molecule has 0 heterocycles. The van der Waals surface area contributed by atoms with Gasteiger partial charge in [-0.15, -0.1) is 0 Å². The molecule has 0 bridgehead atoms. The second kappa shape index (κ2) is 6.09. The quantitative estimate of drug-likeness (QED) is 0.700. The Morgan fingerprint density at radius 1 is 1.00 bits per heavy atom. The third kappa shape index (κ3) is 2.97. The van der Waals surface area contributed by atoms with Gasteiger partial charge in [-0.2, -0.15) is 0 Å². The van der Waals surface area contributed by atoms with Crippen molar-refractivity contribution in [3.63, 3.8) is 0 Å². The highest BCUT2D eigenvalue weighted by molar-refractivity contribution is 5.77. The van der Waals surface area contributed by atoms with Gasteiger partial charge in [-0.3, -0.25) is 4.79 Å². The van der Waals surface area contributed by atoms with E-state index in [-0.39, 0.29) is 0 Å². The fourth-order valence-electron chi connectivity index (χ4n) is 3.06. The zero-order chi connectivity index (χ0) is 14.7. The molecule has 0 N–H and O–H groups in total.